The molecule has 7 nitrogen and oxygen atoms in total. The fraction of sp³-hybridized carbons (Fsp3) is 0.364. The molecule has 1 aliphatic rings. The van der Waals surface area contributed by atoms with Crippen molar-refractivity contribution in [2.45, 2.75) is 12.1 Å². The first-order chi connectivity index (χ1) is 9.12. The van der Waals surface area contributed by atoms with Crippen LogP contribution in [0, 0.1) is 0 Å². The fourth-order valence-corrected chi connectivity index (χ4v) is 2.30. The maximum absolute atomic E-state index is 10.4. The minimum atomic E-state index is -1.05. The number of azide groups is 1. The Morgan fingerprint density at radius 3 is 3.00 bits per heavy atom. The van der Waals surface area contributed by atoms with E-state index in [1.165, 1.54) is 0 Å². The number of hydrogen-bond acceptors (Lipinski definition) is 4. The van der Waals surface area contributed by atoms with Gasteiger partial charge < -0.3 is 14.2 Å². The van der Waals surface area contributed by atoms with Gasteiger partial charge in [0.15, 0.2) is 0 Å². The molecule has 1 N–H and O–H groups in total. The van der Waals surface area contributed by atoms with Crippen LogP contribution in [0.15, 0.2) is 23.6 Å². The topological polar surface area (TPSA) is 95.5 Å². The van der Waals surface area contributed by atoms with Crippen molar-refractivity contribution in [3.05, 3.63) is 45.2 Å². The summed E-state index contributed by atoms with van der Waals surface area (Å²) in [6.07, 6.45) is 3.41. The maximum Gasteiger partial charge on any atom is 0.143 e. The van der Waals surface area contributed by atoms with Crippen LogP contribution in [0.1, 0.15) is 11.3 Å². The molecule has 1 fully saturated rings. The number of nitrogens with zero attached hydrogens (tertiary/aromatic N) is 5. The third-order valence-corrected chi connectivity index (χ3v) is 3.25. The summed E-state index contributed by atoms with van der Waals surface area (Å²) in [7, 11) is 0. The lowest BCUT2D eigenvalue weighted by molar-refractivity contribution is -0.184. The molecule has 1 aliphatic heterocycles. The number of aliphatic hydroxyl groups is 1. The average molecular weight is 280 g/mol. The van der Waals surface area contributed by atoms with E-state index in [0.717, 1.165) is 0 Å². The van der Waals surface area contributed by atoms with Crippen molar-refractivity contribution in [3.63, 3.8) is 0 Å². The molecule has 0 bridgehead atoms. The van der Waals surface area contributed by atoms with E-state index in [1.807, 2.05) is 0 Å². The summed E-state index contributed by atoms with van der Waals surface area (Å²) >= 11 is 6.04. The van der Waals surface area contributed by atoms with E-state index in [1.54, 1.807) is 22.9 Å². The molecule has 8 heteroatoms. The Hall–Kier alpha value is -1.79. The van der Waals surface area contributed by atoms with E-state index in [9.17, 15) is 5.11 Å². The van der Waals surface area contributed by atoms with Gasteiger partial charge >= 0.3 is 0 Å². The molecule has 19 heavy (non-hydrogen) atoms. The second-order valence-corrected chi connectivity index (χ2v) is 4.88. The average Bonchev–Trinajstić information content (AvgIpc) is 2.75. The van der Waals surface area contributed by atoms with E-state index in [4.69, 9.17) is 21.9 Å². The summed E-state index contributed by atoms with van der Waals surface area (Å²) in [5.74, 6) is 0. The predicted octanol–water partition coefficient (Wildman–Crippen LogP) is 2.02. The van der Waals surface area contributed by atoms with Crippen molar-refractivity contribution in [1.82, 2.24) is 9.38 Å². The highest BCUT2D eigenvalue weighted by atomic mass is 35.5. The summed E-state index contributed by atoms with van der Waals surface area (Å²) < 4.78 is 6.77. The molecule has 0 radical (unpaired) electrons. The number of ether oxygens (including phenoxy) is 1. The number of imidazole rings is 1. The second kappa shape index (κ2) is 4.40. The predicted molar refractivity (Wildman–Crippen MR) is 67.8 cm³/mol. The minimum absolute atomic E-state index is 0.157. The highest BCUT2D eigenvalue weighted by Crippen LogP contribution is 2.33. The van der Waals surface area contributed by atoms with Crippen LogP contribution in [0.2, 0.25) is 5.02 Å². The van der Waals surface area contributed by atoms with Crippen molar-refractivity contribution in [2.75, 3.05) is 13.2 Å². The molecule has 0 aromatic carbocycles. The molecule has 2 aromatic rings. The second-order valence-electron chi connectivity index (χ2n) is 4.45. The first-order valence-corrected chi connectivity index (χ1v) is 5.99. The number of pyridine rings is 1. The maximum atomic E-state index is 10.4. The zero-order valence-corrected chi connectivity index (χ0v) is 10.6. The Bertz CT molecular complexity index is 688. The Morgan fingerprint density at radius 2 is 2.37 bits per heavy atom. The molecule has 98 valence electrons. The van der Waals surface area contributed by atoms with E-state index in [2.05, 4.69) is 15.0 Å². The van der Waals surface area contributed by atoms with Gasteiger partial charge in [0.1, 0.15) is 11.2 Å². The minimum Gasteiger partial charge on any atom is -0.380 e. The van der Waals surface area contributed by atoms with Gasteiger partial charge in [-0.25, -0.2) is 4.98 Å². The van der Waals surface area contributed by atoms with Gasteiger partial charge in [-0.3, -0.25) is 0 Å². The first-order valence-electron chi connectivity index (χ1n) is 5.61. The van der Waals surface area contributed by atoms with Crippen molar-refractivity contribution >= 4 is 17.2 Å². The van der Waals surface area contributed by atoms with E-state index in [-0.39, 0.29) is 19.8 Å². The Morgan fingerprint density at radius 1 is 1.58 bits per heavy atom. The van der Waals surface area contributed by atoms with Gasteiger partial charge in [-0.05, 0) is 11.6 Å². The van der Waals surface area contributed by atoms with Crippen LogP contribution >= 0.6 is 11.6 Å². The van der Waals surface area contributed by atoms with Crippen LogP contribution in [-0.2, 0) is 16.9 Å². The SMILES string of the molecule is [N-]=[N+]=NCc1cn2cc(Cl)cc(C3(O)COC3)c2n1. The largest absolute Gasteiger partial charge is 0.380 e. The normalized spacial score (nSPS) is 16.9. The highest BCUT2D eigenvalue weighted by Gasteiger charge is 2.40. The molecular formula is C11H10ClN5O2. The van der Waals surface area contributed by atoms with E-state index < -0.39 is 5.60 Å². The Kier molecular flexibility index (Phi) is 2.83. The van der Waals surface area contributed by atoms with Gasteiger partial charge in [-0.2, -0.15) is 0 Å². The van der Waals surface area contributed by atoms with Crippen molar-refractivity contribution < 1.29 is 9.84 Å². The van der Waals surface area contributed by atoms with E-state index in [0.29, 0.717) is 21.9 Å². The van der Waals surface area contributed by atoms with Crippen LogP contribution in [0.4, 0.5) is 0 Å². The molecule has 2 aromatic heterocycles. The summed E-state index contributed by atoms with van der Waals surface area (Å²) in [4.78, 5) is 7.06. The number of halogens is 1. The molecule has 0 spiro atoms. The van der Waals surface area contributed by atoms with Crippen molar-refractivity contribution in [3.8, 4) is 0 Å². The number of rotatable bonds is 3. The summed E-state index contributed by atoms with van der Waals surface area (Å²) in [6.45, 7) is 0.604. The smallest absolute Gasteiger partial charge is 0.143 e. The molecule has 1 saturated heterocycles. The lowest BCUT2D eigenvalue weighted by atomic mass is 9.93. The monoisotopic (exact) mass is 279 g/mol. The summed E-state index contributed by atoms with van der Waals surface area (Å²) in [5.41, 5.74) is 9.11. The van der Waals surface area contributed by atoms with Gasteiger partial charge in [0, 0.05) is 22.9 Å². The summed E-state index contributed by atoms with van der Waals surface area (Å²) in [6, 6.07) is 1.68. The number of fused-ring (bicyclic) bond motifs is 1. The van der Waals surface area contributed by atoms with Crippen LogP contribution in [0.3, 0.4) is 0 Å². The standard InChI is InChI=1S/C11H10ClN5O2/c12-7-1-9(11(18)5-19-6-11)10-15-8(2-14-16-13)4-17(10)3-7/h1,3-4,18H,2,5-6H2. The molecule has 0 saturated carbocycles. The molecule has 0 atom stereocenters. The van der Waals surface area contributed by atoms with Crippen LogP contribution in [0.25, 0.3) is 16.1 Å². The molecule has 3 rings (SSSR count). The van der Waals surface area contributed by atoms with Gasteiger partial charge in [-0.1, -0.05) is 16.7 Å². The van der Waals surface area contributed by atoms with Gasteiger partial charge in [0.05, 0.1) is 30.5 Å². The Balaban J connectivity index is 2.15. The van der Waals surface area contributed by atoms with Gasteiger partial charge in [0.25, 0.3) is 0 Å². The van der Waals surface area contributed by atoms with Crippen molar-refractivity contribution in [1.29, 1.82) is 0 Å². The lowest BCUT2D eigenvalue weighted by Gasteiger charge is -2.36. The molecule has 3 heterocycles. The number of hydrogen-bond donors (Lipinski definition) is 1. The van der Waals surface area contributed by atoms with Crippen LogP contribution < -0.4 is 0 Å². The molecule has 0 aliphatic carbocycles. The molecular weight excluding hydrogens is 270 g/mol. The lowest BCUT2D eigenvalue weighted by Crippen LogP contribution is -2.46. The first kappa shape index (κ1) is 12.3. The third kappa shape index (κ3) is 2.02. The van der Waals surface area contributed by atoms with Gasteiger partial charge in [0.2, 0.25) is 0 Å². The quantitative estimate of drug-likeness (QED) is 0.529. The Labute approximate surface area is 113 Å². The van der Waals surface area contributed by atoms with Gasteiger partial charge in [-0.15, -0.1) is 0 Å². The fourth-order valence-electron chi connectivity index (χ4n) is 2.09. The van der Waals surface area contributed by atoms with Crippen LogP contribution in [0.5, 0.6) is 0 Å². The summed E-state index contributed by atoms with van der Waals surface area (Å²) in [5, 5.41) is 14.3. The van der Waals surface area contributed by atoms with E-state index >= 15 is 0 Å². The zero-order valence-electron chi connectivity index (χ0n) is 9.82. The molecule has 0 amide bonds. The zero-order chi connectivity index (χ0) is 13.5. The van der Waals surface area contributed by atoms with Crippen LogP contribution in [-0.4, -0.2) is 27.7 Å². The van der Waals surface area contributed by atoms with Crippen molar-refractivity contribution in [2.24, 2.45) is 5.11 Å². The highest BCUT2D eigenvalue weighted by molar-refractivity contribution is 6.30. The molecule has 0 unspecified atom stereocenters. The third-order valence-electron chi connectivity index (χ3n) is 3.05. The number of aromatic nitrogens is 2.